The Balaban J connectivity index is 2.12. The van der Waals surface area contributed by atoms with Gasteiger partial charge in [-0.05, 0) is 12.8 Å². The Morgan fingerprint density at radius 2 is 1.71 bits per heavy atom. The van der Waals surface area contributed by atoms with E-state index in [0.717, 1.165) is 25.0 Å². The minimum atomic E-state index is -0.953. The summed E-state index contributed by atoms with van der Waals surface area (Å²) in [6.07, 6.45) is 2.13. The molecule has 1 fully saturated rings. The molecule has 1 saturated carbocycles. The molecule has 0 atom stereocenters. The van der Waals surface area contributed by atoms with E-state index in [-0.39, 0.29) is 16.2 Å². The first-order chi connectivity index (χ1) is 8.13. The maximum Gasteiger partial charge on any atom is 0.172 e. The van der Waals surface area contributed by atoms with Crippen LogP contribution in [0, 0.1) is 11.6 Å². The average molecular weight is 256 g/mol. The van der Waals surface area contributed by atoms with Gasteiger partial charge in [0.1, 0.15) is 0 Å². The molecule has 1 N–H and O–H groups in total. The topological polar surface area (TPSA) is 37.8 Å². The molecule has 0 saturated heterocycles. The molecule has 3 rings (SSSR count). The fraction of sp³-hybridized carbons (Fsp3) is 0.273. The molecule has 17 heavy (non-hydrogen) atoms. The summed E-state index contributed by atoms with van der Waals surface area (Å²) in [7, 11) is 0. The third-order valence-corrected chi connectivity index (χ3v) is 2.85. The SMILES string of the molecule is Fc1cc2nc(Cl)c(NC3CC3)nc2cc1F. The van der Waals surface area contributed by atoms with Crippen LogP contribution in [0.3, 0.4) is 0 Å². The van der Waals surface area contributed by atoms with Gasteiger partial charge in [0.05, 0.1) is 11.0 Å². The summed E-state index contributed by atoms with van der Waals surface area (Å²) >= 11 is 5.91. The lowest BCUT2D eigenvalue weighted by atomic mass is 10.3. The maximum absolute atomic E-state index is 13.1. The molecule has 1 aromatic heterocycles. The summed E-state index contributed by atoms with van der Waals surface area (Å²) < 4.78 is 26.1. The van der Waals surface area contributed by atoms with Crippen LogP contribution in [-0.4, -0.2) is 16.0 Å². The van der Waals surface area contributed by atoms with Gasteiger partial charge in [-0.25, -0.2) is 18.7 Å². The number of hydrogen-bond acceptors (Lipinski definition) is 3. The van der Waals surface area contributed by atoms with Gasteiger partial charge in [-0.2, -0.15) is 0 Å². The molecule has 1 aliphatic rings. The first-order valence-electron chi connectivity index (χ1n) is 5.22. The Bertz CT molecular complexity index is 599. The van der Waals surface area contributed by atoms with Gasteiger partial charge in [-0.15, -0.1) is 0 Å². The van der Waals surface area contributed by atoms with E-state index in [1.54, 1.807) is 0 Å². The summed E-state index contributed by atoms with van der Waals surface area (Å²) in [5.41, 5.74) is 0.534. The minimum Gasteiger partial charge on any atom is -0.365 e. The molecule has 88 valence electrons. The number of nitrogens with zero attached hydrogens (tertiary/aromatic N) is 2. The molecule has 3 nitrogen and oxygen atoms in total. The molecule has 0 unspecified atom stereocenters. The Labute approximate surface area is 101 Å². The van der Waals surface area contributed by atoms with Crippen molar-refractivity contribution in [2.75, 3.05) is 5.32 Å². The van der Waals surface area contributed by atoms with E-state index in [1.807, 2.05) is 0 Å². The number of anilines is 1. The van der Waals surface area contributed by atoms with Gasteiger partial charge in [0.2, 0.25) is 0 Å². The highest BCUT2D eigenvalue weighted by Gasteiger charge is 2.23. The van der Waals surface area contributed by atoms with E-state index in [0.29, 0.717) is 11.9 Å². The number of hydrogen-bond donors (Lipinski definition) is 1. The zero-order chi connectivity index (χ0) is 12.0. The lowest BCUT2D eigenvalue weighted by Gasteiger charge is -2.07. The van der Waals surface area contributed by atoms with Crippen LogP contribution in [0.4, 0.5) is 14.6 Å². The molecule has 0 aliphatic heterocycles. The quantitative estimate of drug-likeness (QED) is 0.896. The Morgan fingerprint density at radius 1 is 1.12 bits per heavy atom. The van der Waals surface area contributed by atoms with Crippen LogP contribution >= 0.6 is 11.6 Å². The molecule has 0 amide bonds. The van der Waals surface area contributed by atoms with Crippen molar-refractivity contribution in [1.82, 2.24) is 9.97 Å². The maximum atomic E-state index is 13.1. The molecular weight excluding hydrogens is 248 g/mol. The molecule has 0 spiro atoms. The second-order valence-corrected chi connectivity index (χ2v) is 4.39. The van der Waals surface area contributed by atoms with Gasteiger partial charge < -0.3 is 5.32 Å². The van der Waals surface area contributed by atoms with Crippen LogP contribution in [0.15, 0.2) is 12.1 Å². The predicted molar refractivity (Wildman–Crippen MR) is 61.1 cm³/mol. The van der Waals surface area contributed by atoms with Crippen molar-refractivity contribution in [3.8, 4) is 0 Å². The Morgan fingerprint density at radius 3 is 2.29 bits per heavy atom. The van der Waals surface area contributed by atoms with Crippen LogP contribution in [0.1, 0.15) is 12.8 Å². The fourth-order valence-electron chi connectivity index (χ4n) is 1.54. The lowest BCUT2D eigenvalue weighted by molar-refractivity contribution is 0.510. The Kier molecular flexibility index (Phi) is 2.36. The largest absolute Gasteiger partial charge is 0.365 e. The van der Waals surface area contributed by atoms with E-state index in [9.17, 15) is 8.78 Å². The van der Waals surface area contributed by atoms with Crippen LogP contribution in [0.5, 0.6) is 0 Å². The monoisotopic (exact) mass is 255 g/mol. The second-order valence-electron chi connectivity index (χ2n) is 4.04. The van der Waals surface area contributed by atoms with Crippen molar-refractivity contribution in [3.63, 3.8) is 0 Å². The normalized spacial score (nSPS) is 15.2. The van der Waals surface area contributed by atoms with Crippen LogP contribution < -0.4 is 5.32 Å². The molecule has 2 aromatic rings. The van der Waals surface area contributed by atoms with Crippen molar-refractivity contribution in [2.24, 2.45) is 0 Å². The number of benzene rings is 1. The molecule has 0 radical (unpaired) electrons. The van der Waals surface area contributed by atoms with Crippen molar-refractivity contribution >= 4 is 28.5 Å². The van der Waals surface area contributed by atoms with Gasteiger partial charge in [-0.3, -0.25) is 0 Å². The van der Waals surface area contributed by atoms with Crippen molar-refractivity contribution in [1.29, 1.82) is 0 Å². The van der Waals surface area contributed by atoms with Gasteiger partial charge in [-0.1, -0.05) is 11.6 Å². The third kappa shape index (κ3) is 2.02. The van der Waals surface area contributed by atoms with Crippen LogP contribution in [-0.2, 0) is 0 Å². The first kappa shape index (κ1) is 10.7. The molecule has 6 heteroatoms. The zero-order valence-corrected chi connectivity index (χ0v) is 9.43. The number of aromatic nitrogens is 2. The minimum absolute atomic E-state index is 0.176. The number of rotatable bonds is 2. The molecule has 0 bridgehead atoms. The predicted octanol–water partition coefficient (Wildman–Crippen LogP) is 3.14. The van der Waals surface area contributed by atoms with E-state index in [2.05, 4.69) is 15.3 Å². The average Bonchev–Trinajstić information content (AvgIpc) is 3.06. The zero-order valence-electron chi connectivity index (χ0n) is 8.67. The number of halogens is 3. The summed E-state index contributed by atoms with van der Waals surface area (Å²) in [5.74, 6) is -1.47. The highest BCUT2D eigenvalue weighted by Crippen LogP contribution is 2.28. The van der Waals surface area contributed by atoms with Gasteiger partial charge >= 0.3 is 0 Å². The van der Waals surface area contributed by atoms with Crippen molar-refractivity contribution in [2.45, 2.75) is 18.9 Å². The van der Waals surface area contributed by atoms with Gasteiger partial charge in [0.25, 0.3) is 0 Å². The highest BCUT2D eigenvalue weighted by molar-refractivity contribution is 6.32. The van der Waals surface area contributed by atoms with Crippen molar-refractivity contribution in [3.05, 3.63) is 28.9 Å². The lowest BCUT2D eigenvalue weighted by Crippen LogP contribution is -2.05. The molecule has 1 heterocycles. The number of nitrogens with one attached hydrogen (secondary N) is 1. The second kappa shape index (κ2) is 3.77. The van der Waals surface area contributed by atoms with Gasteiger partial charge in [0, 0.05) is 18.2 Å². The number of fused-ring (bicyclic) bond motifs is 1. The van der Waals surface area contributed by atoms with Gasteiger partial charge in [0.15, 0.2) is 22.6 Å². The summed E-state index contributed by atoms with van der Waals surface area (Å²) in [4.78, 5) is 8.14. The standard InChI is InChI=1S/C11H8ClF2N3/c12-10-11(15-5-1-2-5)17-9-4-7(14)6(13)3-8(9)16-10/h3-5H,1-2H2,(H,15,17). The highest BCUT2D eigenvalue weighted by atomic mass is 35.5. The smallest absolute Gasteiger partial charge is 0.172 e. The van der Waals surface area contributed by atoms with E-state index in [4.69, 9.17) is 11.6 Å². The van der Waals surface area contributed by atoms with E-state index < -0.39 is 11.6 Å². The van der Waals surface area contributed by atoms with E-state index in [1.165, 1.54) is 0 Å². The summed E-state index contributed by atoms with van der Waals surface area (Å²) in [6, 6.07) is 2.38. The summed E-state index contributed by atoms with van der Waals surface area (Å²) in [6.45, 7) is 0. The molecule has 1 aliphatic carbocycles. The van der Waals surface area contributed by atoms with Crippen molar-refractivity contribution < 1.29 is 8.78 Å². The first-order valence-corrected chi connectivity index (χ1v) is 5.60. The summed E-state index contributed by atoms with van der Waals surface area (Å²) in [5, 5.41) is 3.26. The molecule has 1 aromatic carbocycles. The van der Waals surface area contributed by atoms with E-state index >= 15 is 0 Å². The van der Waals surface area contributed by atoms with Crippen LogP contribution in [0.2, 0.25) is 5.15 Å². The van der Waals surface area contributed by atoms with Crippen LogP contribution in [0.25, 0.3) is 11.0 Å². The Hall–Kier alpha value is -1.49. The third-order valence-electron chi connectivity index (χ3n) is 2.58. The fourth-order valence-corrected chi connectivity index (χ4v) is 1.73. The molecular formula is C11H8ClF2N3.